The molecular formula is C34H34FN7. The van der Waals surface area contributed by atoms with E-state index >= 15 is 0 Å². The number of aromatic amines is 2. The molecule has 0 aliphatic heterocycles. The van der Waals surface area contributed by atoms with Crippen LogP contribution in [-0.2, 0) is 0 Å². The number of hydrogen-bond acceptors (Lipinski definition) is 5. The summed E-state index contributed by atoms with van der Waals surface area (Å²) < 4.78 is 14.1. The molecule has 0 saturated heterocycles. The van der Waals surface area contributed by atoms with E-state index in [9.17, 15) is 4.39 Å². The molecule has 42 heavy (non-hydrogen) atoms. The third-order valence-electron chi connectivity index (χ3n) is 7.95. The van der Waals surface area contributed by atoms with Crippen LogP contribution in [-0.4, -0.2) is 25.1 Å². The molecule has 0 atom stereocenters. The number of rotatable bonds is 8. The van der Waals surface area contributed by atoms with E-state index in [0.717, 1.165) is 50.3 Å². The van der Waals surface area contributed by atoms with Crippen molar-refractivity contribution in [2.24, 2.45) is 5.92 Å². The molecule has 6 rings (SSSR count). The predicted octanol–water partition coefficient (Wildman–Crippen LogP) is 8.05. The number of allylic oxidation sites excluding steroid dienone is 5. The van der Waals surface area contributed by atoms with Crippen LogP contribution >= 0.6 is 0 Å². The molecule has 4 heterocycles. The summed E-state index contributed by atoms with van der Waals surface area (Å²) >= 11 is 0. The third-order valence-corrected chi connectivity index (χ3v) is 7.95. The Morgan fingerprint density at radius 2 is 1.90 bits per heavy atom. The van der Waals surface area contributed by atoms with Gasteiger partial charge in [0.1, 0.15) is 17.0 Å². The van der Waals surface area contributed by atoms with E-state index in [0.29, 0.717) is 28.6 Å². The van der Waals surface area contributed by atoms with Gasteiger partial charge in [-0.3, -0.25) is 10.1 Å². The average Bonchev–Trinajstić information content (AvgIpc) is 3.63. The molecule has 1 aliphatic carbocycles. The van der Waals surface area contributed by atoms with Gasteiger partial charge in [-0.15, -0.1) is 0 Å². The van der Waals surface area contributed by atoms with Gasteiger partial charge in [-0.1, -0.05) is 38.5 Å². The van der Waals surface area contributed by atoms with Crippen molar-refractivity contribution in [3.05, 3.63) is 103 Å². The first-order valence-electron chi connectivity index (χ1n) is 14.3. The SMILES string of the molecule is C=C/C(=C\C(=C/C)c1ccc2[nH]nc(-c3cc4c(-c5cc(N)cc(F)c5)nccc4[nH]3)c2n1)NC(=C)C1CCCCC1. The van der Waals surface area contributed by atoms with Gasteiger partial charge in [0, 0.05) is 39.7 Å². The maximum Gasteiger partial charge on any atom is 0.135 e. The smallest absolute Gasteiger partial charge is 0.135 e. The highest BCUT2D eigenvalue weighted by Gasteiger charge is 2.18. The van der Waals surface area contributed by atoms with Gasteiger partial charge in [-0.05, 0) is 85.9 Å². The fourth-order valence-electron chi connectivity index (χ4n) is 5.77. The summed E-state index contributed by atoms with van der Waals surface area (Å²) in [4.78, 5) is 13.0. The number of H-pyrrole nitrogens is 2. The molecule has 1 fully saturated rings. The Morgan fingerprint density at radius 1 is 1.07 bits per heavy atom. The van der Waals surface area contributed by atoms with E-state index in [1.54, 1.807) is 12.3 Å². The van der Waals surface area contributed by atoms with Gasteiger partial charge in [0.05, 0.1) is 22.6 Å². The minimum atomic E-state index is -0.406. The molecule has 0 amide bonds. The lowest BCUT2D eigenvalue weighted by Crippen LogP contribution is -2.20. The van der Waals surface area contributed by atoms with Crippen LogP contribution < -0.4 is 11.1 Å². The lowest BCUT2D eigenvalue weighted by molar-refractivity contribution is 0.393. The molecule has 0 spiro atoms. The lowest BCUT2D eigenvalue weighted by atomic mass is 9.87. The maximum atomic E-state index is 14.1. The summed E-state index contributed by atoms with van der Waals surface area (Å²) in [6.07, 6.45) is 13.8. The molecule has 0 bridgehead atoms. The van der Waals surface area contributed by atoms with Crippen molar-refractivity contribution in [3.63, 3.8) is 0 Å². The van der Waals surface area contributed by atoms with Crippen LogP contribution in [0.4, 0.5) is 10.1 Å². The Morgan fingerprint density at radius 3 is 2.67 bits per heavy atom. The number of nitrogens with one attached hydrogen (secondary N) is 3. The largest absolute Gasteiger partial charge is 0.399 e. The zero-order valence-corrected chi connectivity index (χ0v) is 23.7. The Bertz CT molecular complexity index is 1850. The van der Waals surface area contributed by atoms with Gasteiger partial charge in [0.15, 0.2) is 0 Å². The van der Waals surface area contributed by atoms with E-state index in [4.69, 9.17) is 10.7 Å². The Kier molecular flexibility index (Phi) is 7.44. The molecule has 1 aromatic carbocycles. The van der Waals surface area contributed by atoms with E-state index in [-0.39, 0.29) is 0 Å². The van der Waals surface area contributed by atoms with Gasteiger partial charge in [-0.2, -0.15) is 5.10 Å². The monoisotopic (exact) mass is 559 g/mol. The van der Waals surface area contributed by atoms with Crippen LogP contribution in [0.25, 0.3) is 50.2 Å². The topological polar surface area (TPSA) is 108 Å². The van der Waals surface area contributed by atoms with E-state index in [2.05, 4.69) is 44.7 Å². The highest BCUT2D eigenvalue weighted by Crippen LogP contribution is 2.34. The molecule has 5 aromatic rings. The van der Waals surface area contributed by atoms with Gasteiger partial charge in [-0.25, -0.2) is 9.37 Å². The van der Waals surface area contributed by atoms with Crippen molar-refractivity contribution < 1.29 is 4.39 Å². The standard InChI is InChI=1S/C34H34FN7/c1-4-21(17-26(5-2)38-20(3)22-9-7-6-8-10-22)28-11-12-30-33(40-28)34(42-41-30)31-19-27-29(39-31)13-14-37-32(27)23-15-24(35)18-25(36)16-23/h4-5,11-19,22,38-39H,2-3,6-10,36H2,1H3,(H,41,42)/b21-4+,26-17+. The number of nitrogen functional groups attached to an aromatic ring is 1. The number of nitrogens with two attached hydrogens (primary N) is 1. The molecule has 5 N–H and O–H groups in total. The predicted molar refractivity (Wildman–Crippen MR) is 170 cm³/mol. The lowest BCUT2D eigenvalue weighted by Gasteiger charge is -2.25. The number of nitrogens with zero attached hydrogens (tertiary/aromatic N) is 3. The quantitative estimate of drug-likeness (QED) is 0.114. The minimum absolute atomic E-state index is 0.344. The minimum Gasteiger partial charge on any atom is -0.399 e. The summed E-state index contributed by atoms with van der Waals surface area (Å²) in [5, 5.41) is 12.0. The first kappa shape index (κ1) is 27.2. The Balaban J connectivity index is 1.34. The molecular weight excluding hydrogens is 525 g/mol. The second-order valence-electron chi connectivity index (χ2n) is 10.8. The average molecular weight is 560 g/mol. The first-order valence-corrected chi connectivity index (χ1v) is 14.3. The molecule has 1 saturated carbocycles. The Hall–Kier alpha value is -4.98. The van der Waals surface area contributed by atoms with Crippen LogP contribution in [0.3, 0.4) is 0 Å². The van der Waals surface area contributed by atoms with Crippen molar-refractivity contribution >= 4 is 33.2 Å². The van der Waals surface area contributed by atoms with Gasteiger partial charge < -0.3 is 16.0 Å². The van der Waals surface area contributed by atoms with E-state index < -0.39 is 5.82 Å². The summed E-state index contributed by atoms with van der Waals surface area (Å²) in [7, 11) is 0. The summed E-state index contributed by atoms with van der Waals surface area (Å²) in [6, 6.07) is 12.3. The second kappa shape index (κ2) is 11.5. The number of aromatic nitrogens is 5. The van der Waals surface area contributed by atoms with Crippen molar-refractivity contribution in [3.8, 4) is 22.6 Å². The number of pyridine rings is 2. The van der Waals surface area contributed by atoms with Crippen LogP contribution in [0, 0.1) is 11.7 Å². The second-order valence-corrected chi connectivity index (χ2v) is 10.8. The normalized spacial score (nSPS) is 14.9. The van der Waals surface area contributed by atoms with Crippen LogP contribution in [0.2, 0.25) is 0 Å². The maximum absolute atomic E-state index is 14.1. The number of anilines is 1. The summed E-state index contributed by atoms with van der Waals surface area (Å²) in [5.74, 6) is 0.0842. The number of fused-ring (bicyclic) bond motifs is 2. The van der Waals surface area contributed by atoms with Crippen molar-refractivity contribution in [1.82, 2.24) is 30.5 Å². The van der Waals surface area contributed by atoms with Crippen LogP contribution in [0.15, 0.2) is 91.4 Å². The summed E-state index contributed by atoms with van der Waals surface area (Å²) in [5.41, 5.74) is 15.1. The van der Waals surface area contributed by atoms with Gasteiger partial charge >= 0.3 is 0 Å². The van der Waals surface area contributed by atoms with Gasteiger partial charge in [0.25, 0.3) is 0 Å². The fraction of sp³-hybridized carbons (Fsp3) is 0.206. The van der Waals surface area contributed by atoms with E-state index in [1.807, 2.05) is 43.3 Å². The van der Waals surface area contributed by atoms with E-state index in [1.165, 1.54) is 44.2 Å². The first-order chi connectivity index (χ1) is 20.4. The third kappa shape index (κ3) is 5.35. The molecule has 0 unspecified atom stereocenters. The number of hydrogen-bond donors (Lipinski definition) is 4. The van der Waals surface area contributed by atoms with Crippen molar-refractivity contribution in [1.29, 1.82) is 0 Å². The number of benzene rings is 1. The molecule has 4 aromatic heterocycles. The fourth-order valence-corrected chi connectivity index (χ4v) is 5.77. The zero-order valence-electron chi connectivity index (χ0n) is 23.7. The highest BCUT2D eigenvalue weighted by atomic mass is 19.1. The van der Waals surface area contributed by atoms with Crippen LogP contribution in [0.5, 0.6) is 0 Å². The Labute approximate surface area is 244 Å². The van der Waals surface area contributed by atoms with Gasteiger partial charge in [0.2, 0.25) is 0 Å². The summed E-state index contributed by atoms with van der Waals surface area (Å²) in [6.45, 7) is 10.3. The molecule has 212 valence electrons. The highest BCUT2D eigenvalue weighted by molar-refractivity contribution is 5.99. The number of halogens is 1. The zero-order chi connectivity index (χ0) is 29.2. The molecule has 7 nitrogen and oxygen atoms in total. The van der Waals surface area contributed by atoms with Crippen molar-refractivity contribution in [2.45, 2.75) is 39.0 Å². The van der Waals surface area contributed by atoms with Crippen molar-refractivity contribution in [2.75, 3.05) is 5.73 Å². The van der Waals surface area contributed by atoms with Crippen LogP contribution in [0.1, 0.15) is 44.7 Å². The molecule has 1 aliphatic rings. The molecule has 0 radical (unpaired) electrons. The molecule has 8 heteroatoms.